The van der Waals surface area contributed by atoms with Gasteiger partial charge in [0.1, 0.15) is 0 Å². The van der Waals surface area contributed by atoms with Crippen LogP contribution in [0.4, 0.5) is 0 Å². The average Bonchev–Trinajstić information content (AvgIpc) is 2.39. The van der Waals surface area contributed by atoms with Crippen LogP contribution in [0, 0.1) is 28.7 Å². The molecular formula is C13H6N3. The lowest BCUT2D eigenvalue weighted by molar-refractivity contribution is 1.31. The van der Waals surface area contributed by atoms with Gasteiger partial charge in [0.25, 0.3) is 0 Å². The number of rotatable bonds is 1. The van der Waals surface area contributed by atoms with Crippen LogP contribution in [0.15, 0.2) is 36.5 Å². The molecule has 73 valence electrons. The monoisotopic (exact) mass is 204 g/mol. The van der Waals surface area contributed by atoms with Crippen LogP contribution in [0.3, 0.4) is 0 Å². The molecule has 0 bridgehead atoms. The van der Waals surface area contributed by atoms with Gasteiger partial charge in [-0.3, -0.25) is 4.98 Å². The zero-order valence-electron chi connectivity index (χ0n) is 8.31. The van der Waals surface area contributed by atoms with Crippen molar-refractivity contribution in [1.82, 2.24) is 4.98 Å². The molecule has 1 heterocycles. The minimum absolute atomic E-state index is 0.450. The predicted octanol–water partition coefficient (Wildman–Crippen LogP) is 2.29. The van der Waals surface area contributed by atoms with E-state index in [1.165, 1.54) is 0 Å². The maximum atomic E-state index is 9.00. The smallest absolute Gasteiger partial charge is 0.0999 e. The highest BCUT2D eigenvalue weighted by Crippen LogP contribution is 2.21. The number of benzene rings is 1. The molecule has 2 rings (SSSR count). The van der Waals surface area contributed by atoms with Gasteiger partial charge in [0.15, 0.2) is 0 Å². The second-order valence-electron chi connectivity index (χ2n) is 3.13. The lowest BCUT2D eigenvalue weighted by atomic mass is 10.0. The molecule has 1 aromatic heterocycles. The quantitative estimate of drug-likeness (QED) is 0.716. The van der Waals surface area contributed by atoms with Gasteiger partial charge in [-0.15, -0.1) is 0 Å². The van der Waals surface area contributed by atoms with Gasteiger partial charge in [0.05, 0.1) is 29.0 Å². The fraction of sp³-hybridized carbons (Fsp3) is 0. The van der Waals surface area contributed by atoms with Crippen molar-refractivity contribution in [2.45, 2.75) is 0 Å². The molecule has 0 atom stereocenters. The van der Waals surface area contributed by atoms with E-state index in [4.69, 9.17) is 10.5 Å². The Morgan fingerprint density at radius 2 is 2.06 bits per heavy atom. The Morgan fingerprint density at radius 1 is 1.19 bits per heavy atom. The normalized spacial score (nSPS) is 9.12. The lowest BCUT2D eigenvalue weighted by Gasteiger charge is -2.02. The second-order valence-corrected chi connectivity index (χ2v) is 3.13. The van der Waals surface area contributed by atoms with Crippen molar-refractivity contribution in [3.05, 3.63) is 53.7 Å². The van der Waals surface area contributed by atoms with E-state index in [1.807, 2.05) is 6.07 Å². The maximum absolute atomic E-state index is 9.00. The SMILES string of the molecule is N#Cc1ccc(-c2c[c]ccn2)c(C#N)c1. The van der Waals surface area contributed by atoms with Gasteiger partial charge in [0.2, 0.25) is 0 Å². The third kappa shape index (κ3) is 1.75. The first-order valence-corrected chi connectivity index (χ1v) is 4.62. The van der Waals surface area contributed by atoms with Gasteiger partial charge in [-0.1, -0.05) is 6.07 Å². The third-order valence-corrected chi connectivity index (χ3v) is 2.15. The minimum atomic E-state index is 0.450. The molecule has 0 fully saturated rings. The molecule has 0 unspecified atom stereocenters. The van der Waals surface area contributed by atoms with E-state index in [2.05, 4.69) is 17.1 Å². The Labute approximate surface area is 93.2 Å². The molecule has 16 heavy (non-hydrogen) atoms. The van der Waals surface area contributed by atoms with E-state index in [1.54, 1.807) is 36.5 Å². The van der Waals surface area contributed by atoms with Crippen molar-refractivity contribution in [2.75, 3.05) is 0 Å². The number of nitriles is 2. The van der Waals surface area contributed by atoms with Crippen LogP contribution in [0.2, 0.25) is 0 Å². The van der Waals surface area contributed by atoms with Crippen molar-refractivity contribution >= 4 is 0 Å². The van der Waals surface area contributed by atoms with E-state index in [0.29, 0.717) is 16.8 Å². The van der Waals surface area contributed by atoms with E-state index < -0.39 is 0 Å². The van der Waals surface area contributed by atoms with Gasteiger partial charge in [-0.25, -0.2) is 0 Å². The summed E-state index contributed by atoms with van der Waals surface area (Å²) in [5.41, 5.74) is 2.33. The minimum Gasteiger partial charge on any atom is -0.256 e. The highest BCUT2D eigenvalue weighted by molar-refractivity contribution is 5.68. The first kappa shape index (κ1) is 9.89. The summed E-state index contributed by atoms with van der Waals surface area (Å²) >= 11 is 0. The number of hydrogen-bond acceptors (Lipinski definition) is 3. The van der Waals surface area contributed by atoms with Gasteiger partial charge in [0, 0.05) is 11.8 Å². The molecule has 0 aliphatic rings. The molecule has 0 aliphatic carbocycles. The Hall–Kier alpha value is -2.65. The van der Waals surface area contributed by atoms with Crippen LogP contribution in [0.1, 0.15) is 11.1 Å². The average molecular weight is 204 g/mol. The summed E-state index contributed by atoms with van der Waals surface area (Å²) < 4.78 is 0. The molecule has 2 aromatic rings. The Kier molecular flexibility index (Phi) is 2.63. The topological polar surface area (TPSA) is 60.5 Å². The summed E-state index contributed by atoms with van der Waals surface area (Å²) in [5.74, 6) is 0. The first-order chi connectivity index (χ1) is 7.85. The highest BCUT2D eigenvalue weighted by Gasteiger charge is 2.06. The van der Waals surface area contributed by atoms with E-state index in [-0.39, 0.29) is 0 Å². The number of aromatic nitrogens is 1. The van der Waals surface area contributed by atoms with E-state index in [9.17, 15) is 0 Å². The van der Waals surface area contributed by atoms with Crippen molar-refractivity contribution in [3.8, 4) is 23.4 Å². The molecule has 3 nitrogen and oxygen atoms in total. The van der Waals surface area contributed by atoms with Gasteiger partial charge >= 0.3 is 0 Å². The molecule has 1 radical (unpaired) electrons. The molecule has 0 N–H and O–H groups in total. The van der Waals surface area contributed by atoms with E-state index >= 15 is 0 Å². The molecule has 0 saturated carbocycles. The molecule has 3 heteroatoms. The van der Waals surface area contributed by atoms with Crippen LogP contribution in [-0.2, 0) is 0 Å². The van der Waals surface area contributed by atoms with Crippen LogP contribution in [-0.4, -0.2) is 4.98 Å². The summed E-state index contributed by atoms with van der Waals surface area (Å²) in [7, 11) is 0. The van der Waals surface area contributed by atoms with Gasteiger partial charge in [-0.2, -0.15) is 10.5 Å². The zero-order chi connectivity index (χ0) is 11.4. The number of nitrogens with zero attached hydrogens (tertiary/aromatic N) is 3. The van der Waals surface area contributed by atoms with Gasteiger partial charge in [-0.05, 0) is 30.3 Å². The van der Waals surface area contributed by atoms with Crippen molar-refractivity contribution in [2.24, 2.45) is 0 Å². The second kappa shape index (κ2) is 4.25. The fourth-order valence-corrected chi connectivity index (χ4v) is 1.40. The summed E-state index contributed by atoms with van der Waals surface area (Å²) in [6, 6.07) is 15.3. The summed E-state index contributed by atoms with van der Waals surface area (Å²) in [6.45, 7) is 0. The first-order valence-electron chi connectivity index (χ1n) is 4.62. The summed E-state index contributed by atoms with van der Waals surface area (Å²) in [4.78, 5) is 4.15. The van der Waals surface area contributed by atoms with Crippen LogP contribution in [0.25, 0.3) is 11.3 Å². The van der Waals surface area contributed by atoms with Gasteiger partial charge < -0.3 is 0 Å². The van der Waals surface area contributed by atoms with E-state index in [0.717, 1.165) is 5.56 Å². The third-order valence-electron chi connectivity index (χ3n) is 2.15. The maximum Gasteiger partial charge on any atom is 0.0999 e. The molecular weight excluding hydrogens is 198 g/mol. The molecule has 0 spiro atoms. The Morgan fingerprint density at radius 3 is 2.69 bits per heavy atom. The van der Waals surface area contributed by atoms with Crippen molar-refractivity contribution in [3.63, 3.8) is 0 Å². The zero-order valence-corrected chi connectivity index (χ0v) is 8.31. The highest BCUT2D eigenvalue weighted by atomic mass is 14.7. The molecule has 1 aromatic carbocycles. The van der Waals surface area contributed by atoms with Crippen LogP contribution < -0.4 is 0 Å². The predicted molar refractivity (Wildman–Crippen MR) is 57.9 cm³/mol. The largest absolute Gasteiger partial charge is 0.256 e. The van der Waals surface area contributed by atoms with Crippen LogP contribution in [0.5, 0.6) is 0 Å². The number of pyridine rings is 1. The Bertz CT molecular complexity index is 589. The summed E-state index contributed by atoms with van der Waals surface area (Å²) in [6.07, 6.45) is 1.62. The molecule has 0 amide bonds. The van der Waals surface area contributed by atoms with Crippen molar-refractivity contribution in [1.29, 1.82) is 10.5 Å². The van der Waals surface area contributed by atoms with Crippen LogP contribution >= 0.6 is 0 Å². The van der Waals surface area contributed by atoms with Crippen molar-refractivity contribution < 1.29 is 0 Å². The lowest BCUT2D eigenvalue weighted by Crippen LogP contribution is -1.88. The fourth-order valence-electron chi connectivity index (χ4n) is 1.40. The Balaban J connectivity index is 2.60. The number of hydrogen-bond donors (Lipinski definition) is 0. The molecule has 0 aliphatic heterocycles. The standard InChI is InChI=1S/C13H6N3/c14-8-10-4-5-12(11(7-10)9-15)13-3-1-2-6-16-13/h2-7H. The summed E-state index contributed by atoms with van der Waals surface area (Å²) in [5, 5.41) is 17.7. The molecule has 0 saturated heterocycles.